The summed E-state index contributed by atoms with van der Waals surface area (Å²) in [5.74, 6) is -2.53. The van der Waals surface area contributed by atoms with Crippen molar-refractivity contribution in [1.29, 1.82) is 0 Å². The molecule has 1 aromatic rings. The molecule has 0 saturated heterocycles. The molecule has 1 amide bonds. The first-order chi connectivity index (χ1) is 8.06. The maximum atomic E-state index is 13.2. The van der Waals surface area contributed by atoms with Crippen LogP contribution >= 0.6 is 0 Å². The smallest absolute Gasteiger partial charge is 0.334 e. The number of methoxy groups -OCH3 is 1. The lowest BCUT2D eigenvalue weighted by molar-refractivity contribution is -0.148. The molecule has 0 aliphatic carbocycles. The zero-order valence-electron chi connectivity index (χ0n) is 9.14. The van der Waals surface area contributed by atoms with E-state index < -0.39 is 23.8 Å². The lowest BCUT2D eigenvalue weighted by Crippen LogP contribution is -2.38. The van der Waals surface area contributed by atoms with E-state index >= 15 is 0 Å². The normalized spacial score (nSPS) is 11.9. The minimum absolute atomic E-state index is 0.132. The van der Waals surface area contributed by atoms with E-state index in [1.165, 1.54) is 25.3 Å². The molecule has 0 fully saturated rings. The standard InChI is InChI=1S/C11H12FNO4/c1-17-9(11(15)16)6-13-10(14)7-4-2-3-5-8(7)12/h2-5,9H,6H2,1H3,(H,13,14)(H,15,16). The van der Waals surface area contributed by atoms with Crippen LogP contribution in [0.5, 0.6) is 0 Å². The lowest BCUT2D eigenvalue weighted by Gasteiger charge is -2.11. The van der Waals surface area contributed by atoms with E-state index in [0.29, 0.717) is 0 Å². The number of aliphatic carboxylic acids is 1. The molecule has 5 nitrogen and oxygen atoms in total. The van der Waals surface area contributed by atoms with Gasteiger partial charge in [0.1, 0.15) is 5.82 Å². The molecular weight excluding hydrogens is 229 g/mol. The van der Waals surface area contributed by atoms with Crippen LogP contribution in [0, 0.1) is 5.82 Å². The van der Waals surface area contributed by atoms with E-state index in [2.05, 4.69) is 10.1 Å². The molecule has 1 aromatic carbocycles. The molecule has 92 valence electrons. The summed E-state index contributed by atoms with van der Waals surface area (Å²) in [5.41, 5.74) is -0.132. The van der Waals surface area contributed by atoms with Crippen LogP contribution in [0.1, 0.15) is 10.4 Å². The summed E-state index contributed by atoms with van der Waals surface area (Å²) in [7, 11) is 1.22. The fourth-order valence-corrected chi connectivity index (χ4v) is 1.20. The van der Waals surface area contributed by atoms with Crippen LogP contribution in [0.2, 0.25) is 0 Å². The molecule has 0 spiro atoms. The van der Waals surface area contributed by atoms with Gasteiger partial charge in [0.25, 0.3) is 5.91 Å². The highest BCUT2D eigenvalue weighted by Crippen LogP contribution is 2.05. The van der Waals surface area contributed by atoms with Gasteiger partial charge in [-0.25, -0.2) is 9.18 Å². The number of nitrogens with one attached hydrogen (secondary N) is 1. The average Bonchev–Trinajstić information content (AvgIpc) is 2.29. The van der Waals surface area contributed by atoms with Crippen molar-refractivity contribution in [2.24, 2.45) is 0 Å². The Morgan fingerprint density at radius 1 is 1.47 bits per heavy atom. The SMILES string of the molecule is COC(CNC(=O)c1ccccc1F)C(=O)O. The largest absolute Gasteiger partial charge is 0.479 e. The van der Waals surface area contributed by atoms with Crippen LogP contribution in [0.3, 0.4) is 0 Å². The first kappa shape index (κ1) is 13.1. The number of hydrogen-bond donors (Lipinski definition) is 2. The number of carboxylic acids is 1. The maximum absolute atomic E-state index is 13.2. The average molecular weight is 241 g/mol. The minimum atomic E-state index is -1.19. The van der Waals surface area contributed by atoms with Crippen molar-refractivity contribution in [1.82, 2.24) is 5.32 Å². The van der Waals surface area contributed by atoms with Gasteiger partial charge in [-0.15, -0.1) is 0 Å². The van der Waals surface area contributed by atoms with Crippen LogP contribution in [0.25, 0.3) is 0 Å². The Labute approximate surface area is 97.2 Å². The number of carboxylic acid groups (broad SMARTS) is 1. The van der Waals surface area contributed by atoms with Crippen LogP contribution in [-0.4, -0.2) is 36.7 Å². The molecule has 0 bridgehead atoms. The summed E-state index contributed by atoms with van der Waals surface area (Å²) < 4.78 is 17.8. The molecule has 0 aromatic heterocycles. The Hall–Kier alpha value is -1.95. The number of halogens is 1. The van der Waals surface area contributed by atoms with Gasteiger partial charge in [0, 0.05) is 7.11 Å². The quantitative estimate of drug-likeness (QED) is 0.793. The van der Waals surface area contributed by atoms with E-state index in [1.54, 1.807) is 0 Å². The molecule has 1 rings (SSSR count). The Morgan fingerprint density at radius 2 is 2.12 bits per heavy atom. The maximum Gasteiger partial charge on any atom is 0.334 e. The van der Waals surface area contributed by atoms with Crippen molar-refractivity contribution in [2.75, 3.05) is 13.7 Å². The third-order valence-corrected chi connectivity index (χ3v) is 2.13. The molecule has 0 aliphatic heterocycles. The summed E-state index contributed by atoms with van der Waals surface area (Å²) in [6.45, 7) is -0.223. The van der Waals surface area contributed by atoms with Gasteiger partial charge >= 0.3 is 5.97 Å². The fourth-order valence-electron chi connectivity index (χ4n) is 1.20. The number of carbonyl (C=O) groups is 2. The Balaban J connectivity index is 2.62. The molecule has 1 atom stereocenters. The van der Waals surface area contributed by atoms with Crippen molar-refractivity contribution < 1.29 is 23.8 Å². The molecular formula is C11H12FNO4. The first-order valence-corrected chi connectivity index (χ1v) is 4.84. The van der Waals surface area contributed by atoms with Crippen LogP contribution in [0.4, 0.5) is 4.39 Å². The summed E-state index contributed by atoms with van der Waals surface area (Å²) >= 11 is 0. The van der Waals surface area contributed by atoms with E-state index in [9.17, 15) is 14.0 Å². The molecule has 0 saturated carbocycles. The summed E-state index contributed by atoms with van der Waals surface area (Å²) in [6, 6.07) is 5.44. The molecule has 17 heavy (non-hydrogen) atoms. The van der Waals surface area contributed by atoms with E-state index in [0.717, 1.165) is 6.07 Å². The Morgan fingerprint density at radius 3 is 2.65 bits per heavy atom. The third kappa shape index (κ3) is 3.53. The Kier molecular flexibility index (Phi) is 4.59. The van der Waals surface area contributed by atoms with Crippen molar-refractivity contribution in [3.05, 3.63) is 35.6 Å². The van der Waals surface area contributed by atoms with Gasteiger partial charge in [-0.2, -0.15) is 0 Å². The van der Waals surface area contributed by atoms with E-state index in [-0.39, 0.29) is 12.1 Å². The second-order valence-corrected chi connectivity index (χ2v) is 3.25. The molecule has 1 unspecified atom stereocenters. The van der Waals surface area contributed by atoms with Crippen LogP contribution in [-0.2, 0) is 9.53 Å². The van der Waals surface area contributed by atoms with Crippen molar-refractivity contribution in [2.45, 2.75) is 6.10 Å². The number of hydrogen-bond acceptors (Lipinski definition) is 3. The summed E-state index contributed by atoms with van der Waals surface area (Å²) in [6.07, 6.45) is -1.15. The summed E-state index contributed by atoms with van der Waals surface area (Å²) in [4.78, 5) is 22.1. The highest BCUT2D eigenvalue weighted by molar-refractivity contribution is 5.94. The number of benzene rings is 1. The topological polar surface area (TPSA) is 75.6 Å². The summed E-state index contributed by atoms with van der Waals surface area (Å²) in [5, 5.41) is 10.9. The zero-order valence-corrected chi connectivity index (χ0v) is 9.14. The molecule has 2 N–H and O–H groups in total. The molecule has 0 radical (unpaired) electrons. The second-order valence-electron chi connectivity index (χ2n) is 3.25. The third-order valence-electron chi connectivity index (χ3n) is 2.13. The highest BCUT2D eigenvalue weighted by atomic mass is 19.1. The fraction of sp³-hybridized carbons (Fsp3) is 0.273. The van der Waals surface area contributed by atoms with Gasteiger partial charge < -0.3 is 15.2 Å². The number of amides is 1. The second kappa shape index (κ2) is 5.95. The van der Waals surface area contributed by atoms with E-state index in [4.69, 9.17) is 5.11 Å². The van der Waals surface area contributed by atoms with Gasteiger partial charge in [-0.3, -0.25) is 4.79 Å². The highest BCUT2D eigenvalue weighted by Gasteiger charge is 2.18. The van der Waals surface area contributed by atoms with Gasteiger partial charge in [0.15, 0.2) is 6.10 Å². The Bertz CT molecular complexity index is 422. The minimum Gasteiger partial charge on any atom is -0.479 e. The monoisotopic (exact) mass is 241 g/mol. The number of ether oxygens (including phenoxy) is 1. The van der Waals surface area contributed by atoms with Crippen LogP contribution in [0.15, 0.2) is 24.3 Å². The van der Waals surface area contributed by atoms with Gasteiger partial charge in [-0.05, 0) is 12.1 Å². The van der Waals surface area contributed by atoms with Crippen molar-refractivity contribution in [3.8, 4) is 0 Å². The van der Waals surface area contributed by atoms with Gasteiger partial charge in [-0.1, -0.05) is 12.1 Å². The lowest BCUT2D eigenvalue weighted by atomic mass is 10.2. The molecule has 0 heterocycles. The van der Waals surface area contributed by atoms with Crippen molar-refractivity contribution in [3.63, 3.8) is 0 Å². The molecule has 0 aliphatic rings. The van der Waals surface area contributed by atoms with Crippen LogP contribution < -0.4 is 5.32 Å². The van der Waals surface area contributed by atoms with Gasteiger partial charge in [0.2, 0.25) is 0 Å². The van der Waals surface area contributed by atoms with E-state index in [1.807, 2.05) is 0 Å². The van der Waals surface area contributed by atoms with Gasteiger partial charge in [0.05, 0.1) is 12.1 Å². The first-order valence-electron chi connectivity index (χ1n) is 4.84. The number of carbonyl (C=O) groups excluding carboxylic acids is 1. The number of rotatable bonds is 5. The van der Waals surface area contributed by atoms with Crippen molar-refractivity contribution >= 4 is 11.9 Å². The zero-order chi connectivity index (χ0) is 12.8. The predicted molar refractivity (Wildman–Crippen MR) is 57.2 cm³/mol. The predicted octanol–water partition coefficient (Wildman–Crippen LogP) is 0.655. The molecule has 6 heteroatoms.